The quantitative estimate of drug-likeness (QED) is 0.841. The molecule has 0 bridgehead atoms. The molecule has 100 valence electrons. The molecule has 1 fully saturated rings. The molecule has 0 amide bonds. The predicted molar refractivity (Wildman–Crippen MR) is 67.6 cm³/mol. The molecule has 1 aromatic rings. The number of benzene rings is 1. The Morgan fingerprint density at radius 3 is 2.78 bits per heavy atom. The SMILES string of the molecule is COc1cc(CCN2CCNCC2)c(F)cc1O. The van der Waals surface area contributed by atoms with Gasteiger partial charge in [0.15, 0.2) is 11.5 Å². The van der Waals surface area contributed by atoms with E-state index in [0.717, 1.165) is 38.8 Å². The van der Waals surface area contributed by atoms with Crippen molar-refractivity contribution in [3.05, 3.63) is 23.5 Å². The van der Waals surface area contributed by atoms with E-state index >= 15 is 0 Å². The number of halogens is 1. The topological polar surface area (TPSA) is 44.7 Å². The molecular weight excluding hydrogens is 235 g/mol. The normalized spacial score (nSPS) is 16.8. The summed E-state index contributed by atoms with van der Waals surface area (Å²) in [6.07, 6.45) is 0.627. The lowest BCUT2D eigenvalue weighted by Gasteiger charge is -2.27. The van der Waals surface area contributed by atoms with Crippen molar-refractivity contribution in [1.29, 1.82) is 0 Å². The molecule has 5 heteroatoms. The molecule has 18 heavy (non-hydrogen) atoms. The van der Waals surface area contributed by atoms with Gasteiger partial charge in [0.25, 0.3) is 0 Å². The maximum Gasteiger partial charge on any atom is 0.160 e. The molecule has 1 aromatic carbocycles. The largest absolute Gasteiger partial charge is 0.504 e. The van der Waals surface area contributed by atoms with E-state index in [-0.39, 0.29) is 11.6 Å². The first-order valence-electron chi connectivity index (χ1n) is 6.19. The Kier molecular flexibility index (Phi) is 4.38. The van der Waals surface area contributed by atoms with Crippen LogP contribution in [-0.2, 0) is 6.42 Å². The molecule has 0 saturated carbocycles. The average molecular weight is 254 g/mol. The van der Waals surface area contributed by atoms with E-state index in [1.807, 2.05) is 0 Å². The third-order valence-corrected chi connectivity index (χ3v) is 3.25. The first-order chi connectivity index (χ1) is 8.70. The van der Waals surface area contributed by atoms with Crippen LogP contribution in [0.5, 0.6) is 11.5 Å². The number of nitrogens with zero attached hydrogens (tertiary/aromatic N) is 1. The number of aromatic hydroxyl groups is 1. The minimum atomic E-state index is -0.372. The van der Waals surface area contributed by atoms with E-state index in [9.17, 15) is 9.50 Å². The van der Waals surface area contributed by atoms with Crippen molar-refractivity contribution in [2.75, 3.05) is 39.8 Å². The molecule has 0 spiro atoms. The molecular formula is C13H19FN2O2. The predicted octanol–water partition coefficient (Wildman–Crippen LogP) is 0.988. The Balaban J connectivity index is 1.99. The summed E-state index contributed by atoms with van der Waals surface area (Å²) >= 11 is 0. The highest BCUT2D eigenvalue weighted by atomic mass is 19.1. The van der Waals surface area contributed by atoms with Gasteiger partial charge in [0.2, 0.25) is 0 Å². The second-order valence-corrected chi connectivity index (χ2v) is 4.46. The smallest absolute Gasteiger partial charge is 0.160 e. The van der Waals surface area contributed by atoms with Crippen LogP contribution in [0.3, 0.4) is 0 Å². The Hall–Kier alpha value is -1.33. The number of piperazine rings is 1. The van der Waals surface area contributed by atoms with E-state index in [0.29, 0.717) is 17.7 Å². The molecule has 2 rings (SSSR count). The van der Waals surface area contributed by atoms with Crippen LogP contribution >= 0.6 is 0 Å². The Bertz CT molecular complexity index is 406. The highest BCUT2D eigenvalue weighted by molar-refractivity contribution is 5.42. The number of nitrogens with one attached hydrogen (secondary N) is 1. The maximum absolute atomic E-state index is 13.7. The molecule has 0 aromatic heterocycles. The van der Waals surface area contributed by atoms with Crippen molar-refractivity contribution in [2.24, 2.45) is 0 Å². The monoisotopic (exact) mass is 254 g/mol. The first-order valence-corrected chi connectivity index (χ1v) is 6.19. The summed E-state index contributed by atoms with van der Waals surface area (Å²) in [4.78, 5) is 2.30. The molecule has 0 atom stereocenters. The molecule has 0 radical (unpaired) electrons. The van der Waals surface area contributed by atoms with Crippen molar-refractivity contribution in [2.45, 2.75) is 6.42 Å². The van der Waals surface area contributed by atoms with Crippen molar-refractivity contribution in [3.63, 3.8) is 0 Å². The summed E-state index contributed by atoms with van der Waals surface area (Å²) in [6, 6.07) is 2.69. The van der Waals surface area contributed by atoms with Crippen LogP contribution in [0, 0.1) is 5.82 Å². The molecule has 1 heterocycles. The summed E-state index contributed by atoms with van der Waals surface area (Å²) in [5, 5.41) is 12.7. The number of phenolic OH excluding ortho intramolecular Hbond substituents is 1. The summed E-state index contributed by atoms with van der Waals surface area (Å²) in [7, 11) is 1.47. The van der Waals surface area contributed by atoms with Gasteiger partial charge in [0.05, 0.1) is 7.11 Å². The summed E-state index contributed by atoms with van der Waals surface area (Å²) in [5.74, 6) is -0.198. The molecule has 2 N–H and O–H groups in total. The second kappa shape index (κ2) is 6.02. The van der Waals surface area contributed by atoms with E-state index < -0.39 is 0 Å². The van der Waals surface area contributed by atoms with Gasteiger partial charge in [-0.1, -0.05) is 0 Å². The van der Waals surface area contributed by atoms with Crippen LogP contribution in [0.4, 0.5) is 4.39 Å². The van der Waals surface area contributed by atoms with Gasteiger partial charge in [0.1, 0.15) is 5.82 Å². The number of hydrogen-bond donors (Lipinski definition) is 2. The number of hydrogen-bond acceptors (Lipinski definition) is 4. The third kappa shape index (κ3) is 3.11. The second-order valence-electron chi connectivity index (χ2n) is 4.46. The Morgan fingerprint density at radius 1 is 1.39 bits per heavy atom. The van der Waals surface area contributed by atoms with Gasteiger partial charge in [-0.05, 0) is 18.1 Å². The lowest BCUT2D eigenvalue weighted by Crippen LogP contribution is -2.44. The summed E-state index contributed by atoms with van der Waals surface area (Å²) < 4.78 is 18.7. The molecule has 1 aliphatic rings. The minimum absolute atomic E-state index is 0.152. The van der Waals surface area contributed by atoms with Crippen LogP contribution in [0.2, 0.25) is 0 Å². The van der Waals surface area contributed by atoms with Crippen molar-refractivity contribution in [1.82, 2.24) is 10.2 Å². The number of phenols is 1. The number of methoxy groups -OCH3 is 1. The number of ether oxygens (including phenoxy) is 1. The lowest BCUT2D eigenvalue weighted by atomic mass is 10.1. The van der Waals surface area contributed by atoms with Gasteiger partial charge in [-0.2, -0.15) is 0 Å². The van der Waals surface area contributed by atoms with E-state index in [1.165, 1.54) is 7.11 Å². The molecule has 1 aliphatic heterocycles. The fraction of sp³-hybridized carbons (Fsp3) is 0.538. The summed E-state index contributed by atoms with van der Waals surface area (Å²) in [5.41, 5.74) is 0.586. The van der Waals surface area contributed by atoms with E-state index in [1.54, 1.807) is 6.07 Å². The van der Waals surface area contributed by atoms with Gasteiger partial charge in [-0.3, -0.25) is 0 Å². The molecule has 0 unspecified atom stereocenters. The first kappa shape index (κ1) is 13.1. The van der Waals surface area contributed by atoms with Crippen LogP contribution < -0.4 is 10.1 Å². The molecule has 0 aliphatic carbocycles. The standard InChI is InChI=1S/C13H19FN2O2/c1-18-13-8-10(11(14)9-12(13)17)2-5-16-6-3-15-4-7-16/h8-9,15,17H,2-7H2,1H3. The van der Waals surface area contributed by atoms with Crippen molar-refractivity contribution < 1.29 is 14.2 Å². The summed E-state index contributed by atoms with van der Waals surface area (Å²) in [6.45, 7) is 4.79. The number of rotatable bonds is 4. The van der Waals surface area contributed by atoms with Crippen LogP contribution in [0.25, 0.3) is 0 Å². The highest BCUT2D eigenvalue weighted by Gasteiger charge is 2.13. The van der Waals surface area contributed by atoms with Crippen LogP contribution in [-0.4, -0.2) is 49.8 Å². The van der Waals surface area contributed by atoms with E-state index in [2.05, 4.69) is 10.2 Å². The maximum atomic E-state index is 13.7. The van der Waals surface area contributed by atoms with Gasteiger partial charge in [0, 0.05) is 38.8 Å². The Morgan fingerprint density at radius 2 is 2.11 bits per heavy atom. The molecule has 1 saturated heterocycles. The molecule has 4 nitrogen and oxygen atoms in total. The van der Waals surface area contributed by atoms with Crippen molar-refractivity contribution >= 4 is 0 Å². The van der Waals surface area contributed by atoms with Crippen LogP contribution in [0.1, 0.15) is 5.56 Å². The zero-order chi connectivity index (χ0) is 13.0. The van der Waals surface area contributed by atoms with E-state index in [4.69, 9.17) is 4.74 Å². The van der Waals surface area contributed by atoms with Crippen molar-refractivity contribution in [3.8, 4) is 11.5 Å². The Labute approximate surface area is 106 Å². The van der Waals surface area contributed by atoms with Crippen LogP contribution in [0.15, 0.2) is 12.1 Å². The average Bonchev–Trinajstić information content (AvgIpc) is 2.39. The minimum Gasteiger partial charge on any atom is -0.504 e. The van der Waals surface area contributed by atoms with Gasteiger partial charge in [-0.15, -0.1) is 0 Å². The fourth-order valence-electron chi connectivity index (χ4n) is 2.15. The van der Waals surface area contributed by atoms with Gasteiger partial charge < -0.3 is 20.1 Å². The van der Waals surface area contributed by atoms with Gasteiger partial charge in [-0.25, -0.2) is 4.39 Å². The highest BCUT2D eigenvalue weighted by Crippen LogP contribution is 2.28. The van der Waals surface area contributed by atoms with Gasteiger partial charge >= 0.3 is 0 Å². The lowest BCUT2D eigenvalue weighted by molar-refractivity contribution is 0.243. The third-order valence-electron chi connectivity index (χ3n) is 3.25. The zero-order valence-corrected chi connectivity index (χ0v) is 10.6. The zero-order valence-electron chi connectivity index (χ0n) is 10.6. The fourth-order valence-corrected chi connectivity index (χ4v) is 2.15.